The predicted octanol–water partition coefficient (Wildman–Crippen LogP) is 4.52. The van der Waals surface area contributed by atoms with Gasteiger partial charge in [0.2, 0.25) is 5.88 Å². The molecule has 0 unspecified atom stereocenters. The number of aryl methyl sites for hydroxylation is 1. The third-order valence-electron chi connectivity index (χ3n) is 3.51. The van der Waals surface area contributed by atoms with E-state index in [2.05, 4.69) is 70.9 Å². The molecule has 0 saturated heterocycles. The number of aromatic hydroxyl groups is 1. The molecule has 1 heterocycles. The first-order valence-corrected chi connectivity index (χ1v) is 7.57. The monoisotopic (exact) mass is 286 g/mol. The second-order valence-corrected chi connectivity index (χ2v) is 7.24. The Morgan fingerprint density at radius 2 is 1.71 bits per heavy atom. The fraction of sp³-hybridized carbons (Fsp3) is 0.500. The van der Waals surface area contributed by atoms with Crippen molar-refractivity contribution in [3.63, 3.8) is 0 Å². The van der Waals surface area contributed by atoms with Crippen molar-refractivity contribution >= 4 is 0 Å². The standard InChI is InChI=1S/C18H26N2O/c1-12(2)11-20-17(21)15(16(19-20)18(4,5)6)14-9-7-13(3)8-10-14/h7-10,12,21H,11H2,1-6H3. The van der Waals surface area contributed by atoms with Crippen LogP contribution < -0.4 is 0 Å². The van der Waals surface area contributed by atoms with Crippen molar-refractivity contribution in [2.24, 2.45) is 5.92 Å². The van der Waals surface area contributed by atoms with Gasteiger partial charge in [0.1, 0.15) is 0 Å². The Labute approximate surface area is 127 Å². The van der Waals surface area contributed by atoms with Gasteiger partial charge in [0, 0.05) is 12.0 Å². The minimum Gasteiger partial charge on any atom is -0.493 e. The Morgan fingerprint density at radius 1 is 1.14 bits per heavy atom. The fourth-order valence-electron chi connectivity index (χ4n) is 2.44. The molecule has 1 N–H and O–H groups in total. The highest BCUT2D eigenvalue weighted by Crippen LogP contribution is 2.39. The largest absolute Gasteiger partial charge is 0.493 e. The van der Waals surface area contributed by atoms with Crippen molar-refractivity contribution in [1.29, 1.82) is 0 Å². The van der Waals surface area contributed by atoms with Gasteiger partial charge < -0.3 is 5.11 Å². The first-order chi connectivity index (χ1) is 9.70. The van der Waals surface area contributed by atoms with E-state index in [9.17, 15) is 5.11 Å². The molecule has 3 nitrogen and oxygen atoms in total. The van der Waals surface area contributed by atoms with Crippen LogP contribution in [0.25, 0.3) is 11.1 Å². The average molecular weight is 286 g/mol. The zero-order valence-electron chi connectivity index (χ0n) is 13.9. The van der Waals surface area contributed by atoms with Gasteiger partial charge >= 0.3 is 0 Å². The Morgan fingerprint density at radius 3 is 2.19 bits per heavy atom. The highest BCUT2D eigenvalue weighted by molar-refractivity contribution is 5.72. The lowest BCUT2D eigenvalue weighted by molar-refractivity contribution is 0.371. The molecule has 0 amide bonds. The van der Waals surface area contributed by atoms with E-state index in [-0.39, 0.29) is 11.3 Å². The van der Waals surface area contributed by atoms with Crippen LogP contribution in [-0.2, 0) is 12.0 Å². The first-order valence-electron chi connectivity index (χ1n) is 7.57. The summed E-state index contributed by atoms with van der Waals surface area (Å²) in [5.74, 6) is 0.715. The van der Waals surface area contributed by atoms with Crippen molar-refractivity contribution < 1.29 is 5.11 Å². The van der Waals surface area contributed by atoms with Crippen LogP contribution in [-0.4, -0.2) is 14.9 Å². The zero-order chi connectivity index (χ0) is 15.8. The van der Waals surface area contributed by atoms with E-state index in [0.717, 1.165) is 23.4 Å². The molecule has 21 heavy (non-hydrogen) atoms. The summed E-state index contributed by atoms with van der Waals surface area (Å²) in [5, 5.41) is 15.3. The normalized spacial score (nSPS) is 12.1. The Kier molecular flexibility index (Phi) is 4.13. The van der Waals surface area contributed by atoms with Gasteiger partial charge in [0.25, 0.3) is 0 Å². The molecule has 0 fully saturated rings. The highest BCUT2D eigenvalue weighted by atomic mass is 16.3. The molecule has 0 aliphatic rings. The van der Waals surface area contributed by atoms with Crippen LogP contribution >= 0.6 is 0 Å². The molecule has 0 bridgehead atoms. The van der Waals surface area contributed by atoms with Crippen molar-refractivity contribution in [2.45, 2.75) is 53.5 Å². The number of hydrogen-bond donors (Lipinski definition) is 1. The van der Waals surface area contributed by atoms with Gasteiger partial charge in [-0.2, -0.15) is 5.10 Å². The number of rotatable bonds is 3. The molecule has 0 aliphatic heterocycles. The minimum atomic E-state index is -0.111. The SMILES string of the molecule is Cc1ccc(-c2c(C(C)(C)C)nn(CC(C)C)c2O)cc1. The summed E-state index contributed by atoms with van der Waals surface area (Å²) in [4.78, 5) is 0. The number of hydrogen-bond acceptors (Lipinski definition) is 2. The van der Waals surface area contributed by atoms with Crippen molar-refractivity contribution in [3.05, 3.63) is 35.5 Å². The smallest absolute Gasteiger partial charge is 0.217 e. The number of benzene rings is 1. The molecule has 0 radical (unpaired) electrons. The van der Waals surface area contributed by atoms with Gasteiger partial charge in [-0.25, -0.2) is 4.68 Å². The maximum atomic E-state index is 10.6. The van der Waals surface area contributed by atoms with E-state index >= 15 is 0 Å². The van der Waals surface area contributed by atoms with Gasteiger partial charge in [0.15, 0.2) is 0 Å². The molecule has 0 spiro atoms. The van der Waals surface area contributed by atoms with Crippen molar-refractivity contribution in [3.8, 4) is 17.0 Å². The summed E-state index contributed by atoms with van der Waals surface area (Å²) >= 11 is 0. The lowest BCUT2D eigenvalue weighted by Gasteiger charge is -2.17. The molecular weight excluding hydrogens is 260 g/mol. The average Bonchev–Trinajstić information content (AvgIpc) is 2.67. The molecule has 2 aromatic rings. The second-order valence-electron chi connectivity index (χ2n) is 7.24. The van der Waals surface area contributed by atoms with Crippen LogP contribution in [0.4, 0.5) is 0 Å². The fourth-order valence-corrected chi connectivity index (χ4v) is 2.44. The van der Waals surface area contributed by atoms with Crippen molar-refractivity contribution in [1.82, 2.24) is 9.78 Å². The van der Waals surface area contributed by atoms with Gasteiger partial charge in [-0.1, -0.05) is 64.4 Å². The number of nitrogens with zero attached hydrogens (tertiary/aromatic N) is 2. The highest BCUT2D eigenvalue weighted by Gasteiger charge is 2.27. The first kappa shape index (κ1) is 15.6. The van der Waals surface area contributed by atoms with E-state index in [1.54, 1.807) is 4.68 Å². The van der Waals surface area contributed by atoms with Gasteiger partial charge in [-0.3, -0.25) is 0 Å². The van der Waals surface area contributed by atoms with Crippen LogP contribution in [0, 0.1) is 12.8 Å². The van der Waals surface area contributed by atoms with Crippen molar-refractivity contribution in [2.75, 3.05) is 0 Å². The Hall–Kier alpha value is -1.77. The summed E-state index contributed by atoms with van der Waals surface area (Å²) in [7, 11) is 0. The van der Waals surface area contributed by atoms with Crippen LogP contribution in [0.1, 0.15) is 45.9 Å². The molecule has 1 aromatic heterocycles. The lowest BCUT2D eigenvalue weighted by Crippen LogP contribution is -2.14. The maximum absolute atomic E-state index is 10.6. The molecule has 0 saturated carbocycles. The summed E-state index contributed by atoms with van der Waals surface area (Å²) < 4.78 is 1.74. The summed E-state index contributed by atoms with van der Waals surface area (Å²) in [5.41, 5.74) is 3.94. The van der Waals surface area contributed by atoms with E-state index in [0.29, 0.717) is 5.92 Å². The molecular formula is C18H26N2O. The van der Waals surface area contributed by atoms with E-state index in [4.69, 9.17) is 0 Å². The van der Waals surface area contributed by atoms with E-state index in [1.807, 2.05) is 0 Å². The zero-order valence-corrected chi connectivity index (χ0v) is 13.9. The third kappa shape index (κ3) is 3.29. The number of aromatic nitrogens is 2. The summed E-state index contributed by atoms with van der Waals surface area (Å²) in [6, 6.07) is 8.25. The Balaban J connectivity index is 2.62. The topological polar surface area (TPSA) is 38.0 Å². The molecule has 0 aliphatic carbocycles. The molecule has 2 rings (SSSR count). The lowest BCUT2D eigenvalue weighted by atomic mass is 9.87. The van der Waals surface area contributed by atoms with Crippen LogP contribution in [0.2, 0.25) is 0 Å². The van der Waals surface area contributed by atoms with Gasteiger partial charge in [-0.15, -0.1) is 0 Å². The summed E-state index contributed by atoms with van der Waals surface area (Å²) in [6.45, 7) is 13.4. The van der Waals surface area contributed by atoms with Crippen LogP contribution in [0.15, 0.2) is 24.3 Å². The predicted molar refractivity (Wildman–Crippen MR) is 87.6 cm³/mol. The Bertz CT molecular complexity index is 616. The van der Waals surface area contributed by atoms with Crippen LogP contribution in [0.5, 0.6) is 5.88 Å². The minimum absolute atomic E-state index is 0.111. The third-order valence-corrected chi connectivity index (χ3v) is 3.51. The quantitative estimate of drug-likeness (QED) is 0.901. The molecule has 1 aromatic carbocycles. The van der Waals surface area contributed by atoms with Crippen LogP contribution in [0.3, 0.4) is 0 Å². The molecule has 114 valence electrons. The van der Waals surface area contributed by atoms with E-state index < -0.39 is 0 Å². The molecule has 0 atom stereocenters. The molecule has 3 heteroatoms. The summed E-state index contributed by atoms with van der Waals surface area (Å²) in [6.07, 6.45) is 0. The van der Waals surface area contributed by atoms with Gasteiger partial charge in [-0.05, 0) is 18.4 Å². The van der Waals surface area contributed by atoms with E-state index in [1.165, 1.54) is 5.56 Å². The second kappa shape index (κ2) is 5.55. The van der Waals surface area contributed by atoms with Gasteiger partial charge in [0.05, 0.1) is 11.3 Å². The maximum Gasteiger partial charge on any atom is 0.217 e.